The molecule has 0 radical (unpaired) electrons. The van der Waals surface area contributed by atoms with Gasteiger partial charge in [0.15, 0.2) is 0 Å². The Morgan fingerprint density at radius 2 is 1.81 bits per heavy atom. The molecule has 26 heavy (non-hydrogen) atoms. The summed E-state index contributed by atoms with van der Waals surface area (Å²) in [5.74, 6) is -0.585. The zero-order chi connectivity index (χ0) is 18.5. The van der Waals surface area contributed by atoms with E-state index in [2.05, 4.69) is 10.1 Å². The molecule has 142 valence electrons. The molecule has 1 aromatic carbocycles. The fourth-order valence-electron chi connectivity index (χ4n) is 4.60. The fourth-order valence-corrected chi connectivity index (χ4v) is 4.60. The highest BCUT2D eigenvalue weighted by molar-refractivity contribution is 5.83. The molecule has 2 heterocycles. The number of fused-ring (bicyclic) bond motifs is 2. The number of hydrogen-bond donors (Lipinski definition) is 1. The Morgan fingerprint density at radius 3 is 2.46 bits per heavy atom. The number of piperidine rings is 1. The molecule has 4 nitrogen and oxygen atoms in total. The zero-order valence-corrected chi connectivity index (χ0v) is 14.6. The van der Waals surface area contributed by atoms with Gasteiger partial charge in [0.25, 0.3) is 0 Å². The number of rotatable bonds is 4. The quantitative estimate of drug-likeness (QED) is 0.885. The van der Waals surface area contributed by atoms with Crippen LogP contribution in [0.25, 0.3) is 0 Å². The van der Waals surface area contributed by atoms with E-state index in [-0.39, 0.29) is 29.5 Å². The molecule has 4 atom stereocenters. The SMILES string of the molecule is CN(C(=O)C1CC1c1ccccc1OC(F)(F)F)C1CC2CCC(C1)N2. The van der Waals surface area contributed by atoms with Crippen LogP contribution in [0.2, 0.25) is 0 Å². The molecule has 2 aliphatic heterocycles. The molecule has 4 rings (SSSR count). The van der Waals surface area contributed by atoms with Crippen molar-refractivity contribution >= 4 is 5.91 Å². The number of nitrogens with zero attached hydrogens (tertiary/aromatic N) is 1. The Bertz CT molecular complexity index is 682. The molecule has 1 N–H and O–H groups in total. The lowest BCUT2D eigenvalue weighted by atomic mass is 9.98. The van der Waals surface area contributed by atoms with Gasteiger partial charge in [-0.1, -0.05) is 18.2 Å². The molecular formula is C19H23F3N2O2. The Hall–Kier alpha value is -1.76. The van der Waals surface area contributed by atoms with Gasteiger partial charge in [0, 0.05) is 31.1 Å². The second-order valence-corrected chi connectivity index (χ2v) is 7.75. The van der Waals surface area contributed by atoms with Crippen LogP contribution in [0, 0.1) is 5.92 Å². The van der Waals surface area contributed by atoms with E-state index in [0.717, 1.165) is 25.7 Å². The van der Waals surface area contributed by atoms with Crippen molar-refractivity contribution < 1.29 is 22.7 Å². The van der Waals surface area contributed by atoms with E-state index < -0.39 is 6.36 Å². The number of alkyl halides is 3. The molecular weight excluding hydrogens is 345 g/mol. The molecule has 0 spiro atoms. The normalized spacial score (nSPS) is 33.0. The van der Waals surface area contributed by atoms with Crippen molar-refractivity contribution in [1.82, 2.24) is 10.2 Å². The van der Waals surface area contributed by atoms with E-state index in [0.29, 0.717) is 24.1 Å². The van der Waals surface area contributed by atoms with E-state index in [9.17, 15) is 18.0 Å². The summed E-state index contributed by atoms with van der Waals surface area (Å²) >= 11 is 0. The van der Waals surface area contributed by atoms with Gasteiger partial charge < -0.3 is 15.0 Å². The molecule has 1 amide bonds. The summed E-state index contributed by atoms with van der Waals surface area (Å²) < 4.78 is 42.0. The summed E-state index contributed by atoms with van der Waals surface area (Å²) in [5, 5.41) is 3.56. The molecule has 1 aliphatic carbocycles. The van der Waals surface area contributed by atoms with Gasteiger partial charge in [-0.15, -0.1) is 13.2 Å². The molecule has 3 aliphatic rings. The van der Waals surface area contributed by atoms with Gasteiger partial charge in [0.1, 0.15) is 5.75 Å². The highest BCUT2D eigenvalue weighted by Gasteiger charge is 2.49. The van der Waals surface area contributed by atoms with Crippen molar-refractivity contribution in [2.45, 2.75) is 62.5 Å². The average Bonchev–Trinajstić information content (AvgIpc) is 3.31. The van der Waals surface area contributed by atoms with Crippen LogP contribution in [0.4, 0.5) is 13.2 Å². The minimum atomic E-state index is -4.73. The van der Waals surface area contributed by atoms with Crippen molar-refractivity contribution in [3.05, 3.63) is 29.8 Å². The molecule has 7 heteroatoms. The van der Waals surface area contributed by atoms with Crippen molar-refractivity contribution in [3.8, 4) is 5.75 Å². The lowest BCUT2D eigenvalue weighted by Crippen LogP contribution is -2.49. The van der Waals surface area contributed by atoms with Crippen LogP contribution in [0.15, 0.2) is 24.3 Å². The van der Waals surface area contributed by atoms with E-state index >= 15 is 0 Å². The largest absolute Gasteiger partial charge is 0.573 e. The maximum absolute atomic E-state index is 12.9. The third kappa shape index (κ3) is 3.54. The van der Waals surface area contributed by atoms with Crippen LogP contribution in [-0.2, 0) is 4.79 Å². The van der Waals surface area contributed by atoms with Crippen molar-refractivity contribution in [1.29, 1.82) is 0 Å². The Morgan fingerprint density at radius 1 is 1.15 bits per heavy atom. The molecule has 1 aromatic rings. The van der Waals surface area contributed by atoms with Gasteiger partial charge in [0.2, 0.25) is 5.91 Å². The summed E-state index contributed by atoms with van der Waals surface area (Å²) in [5.41, 5.74) is 0.474. The first-order valence-corrected chi connectivity index (χ1v) is 9.19. The maximum atomic E-state index is 12.9. The number of nitrogens with one attached hydrogen (secondary N) is 1. The van der Waals surface area contributed by atoms with Gasteiger partial charge in [0.05, 0.1) is 0 Å². The minimum Gasteiger partial charge on any atom is -0.405 e. The van der Waals surface area contributed by atoms with E-state index in [1.807, 2.05) is 11.9 Å². The summed E-state index contributed by atoms with van der Waals surface area (Å²) in [6.45, 7) is 0. The smallest absolute Gasteiger partial charge is 0.405 e. The summed E-state index contributed by atoms with van der Waals surface area (Å²) in [7, 11) is 1.84. The molecule has 1 saturated carbocycles. The topological polar surface area (TPSA) is 41.6 Å². The third-order valence-corrected chi connectivity index (χ3v) is 6.00. The summed E-state index contributed by atoms with van der Waals surface area (Å²) in [4.78, 5) is 14.7. The lowest BCUT2D eigenvalue weighted by Gasteiger charge is -2.35. The van der Waals surface area contributed by atoms with Crippen molar-refractivity contribution in [2.24, 2.45) is 5.92 Å². The number of amides is 1. The van der Waals surface area contributed by atoms with E-state index in [4.69, 9.17) is 0 Å². The van der Waals surface area contributed by atoms with Crippen LogP contribution in [0.5, 0.6) is 5.75 Å². The number of hydrogen-bond acceptors (Lipinski definition) is 3. The molecule has 2 bridgehead atoms. The lowest BCUT2D eigenvalue weighted by molar-refractivity contribution is -0.274. The van der Waals surface area contributed by atoms with Gasteiger partial charge in [-0.3, -0.25) is 4.79 Å². The highest BCUT2D eigenvalue weighted by Crippen LogP contribution is 2.52. The number of para-hydroxylation sites is 1. The molecule has 4 unspecified atom stereocenters. The zero-order valence-electron chi connectivity index (χ0n) is 14.6. The number of ether oxygens (including phenoxy) is 1. The fraction of sp³-hybridized carbons (Fsp3) is 0.632. The standard InChI is InChI=1S/C19H23F3N2O2/c1-24(13-8-11-6-7-12(9-13)23-11)18(25)16-10-15(16)14-4-2-3-5-17(14)26-19(20,21)22/h2-5,11-13,15-16,23H,6-10H2,1H3. The number of halogens is 3. The van der Waals surface area contributed by atoms with Crippen LogP contribution >= 0.6 is 0 Å². The Balaban J connectivity index is 1.43. The average molecular weight is 368 g/mol. The Labute approximate surface area is 150 Å². The first-order valence-electron chi connectivity index (χ1n) is 9.19. The van der Waals surface area contributed by atoms with Crippen molar-refractivity contribution in [2.75, 3.05) is 7.05 Å². The van der Waals surface area contributed by atoms with Gasteiger partial charge in [-0.05, 0) is 49.7 Å². The predicted octanol–water partition coefficient (Wildman–Crippen LogP) is 3.43. The number of benzene rings is 1. The summed E-state index contributed by atoms with van der Waals surface area (Å²) in [6, 6.07) is 7.35. The van der Waals surface area contributed by atoms with Gasteiger partial charge in [-0.2, -0.15) is 0 Å². The van der Waals surface area contributed by atoms with Crippen LogP contribution < -0.4 is 10.1 Å². The molecule has 2 saturated heterocycles. The van der Waals surface area contributed by atoms with Crippen LogP contribution in [-0.4, -0.2) is 42.3 Å². The van der Waals surface area contributed by atoms with Crippen LogP contribution in [0.1, 0.15) is 43.6 Å². The van der Waals surface area contributed by atoms with E-state index in [1.54, 1.807) is 12.1 Å². The first kappa shape index (κ1) is 17.6. The van der Waals surface area contributed by atoms with Gasteiger partial charge >= 0.3 is 6.36 Å². The predicted molar refractivity (Wildman–Crippen MR) is 89.7 cm³/mol. The van der Waals surface area contributed by atoms with Gasteiger partial charge in [-0.25, -0.2) is 0 Å². The van der Waals surface area contributed by atoms with Crippen LogP contribution in [0.3, 0.4) is 0 Å². The number of carbonyl (C=O) groups excluding carboxylic acids is 1. The Kier molecular flexibility index (Phi) is 4.37. The minimum absolute atomic E-state index is 0.0445. The molecule has 3 fully saturated rings. The maximum Gasteiger partial charge on any atom is 0.573 e. The highest BCUT2D eigenvalue weighted by atomic mass is 19.4. The third-order valence-electron chi connectivity index (χ3n) is 6.00. The van der Waals surface area contributed by atoms with E-state index in [1.165, 1.54) is 12.1 Å². The second kappa shape index (κ2) is 6.44. The number of carbonyl (C=O) groups is 1. The van der Waals surface area contributed by atoms with Crippen molar-refractivity contribution in [3.63, 3.8) is 0 Å². The monoisotopic (exact) mass is 368 g/mol. The first-order chi connectivity index (χ1) is 12.3. The summed E-state index contributed by atoms with van der Waals surface area (Å²) in [6.07, 6.45) is 0.109. The molecule has 0 aromatic heterocycles. The second-order valence-electron chi connectivity index (χ2n) is 7.75.